The first-order chi connectivity index (χ1) is 7.42. The molecule has 4 saturated carbocycles. The zero-order valence-corrected chi connectivity index (χ0v) is 8.71. The quantitative estimate of drug-likeness (QED) is 0.578. The number of rotatable bonds is 3. The lowest BCUT2D eigenvalue weighted by Crippen LogP contribution is -2.53. The number of hydrogen-bond acceptors (Lipinski definition) is 4. The van der Waals surface area contributed by atoms with Gasteiger partial charge in [-0.3, -0.25) is 9.59 Å². The van der Waals surface area contributed by atoms with E-state index in [0.717, 1.165) is 0 Å². The van der Waals surface area contributed by atoms with Crippen molar-refractivity contribution in [3.63, 3.8) is 0 Å². The fraction of sp³-hybridized carbons (Fsp3) is 0.800. The van der Waals surface area contributed by atoms with Gasteiger partial charge in [0.05, 0.1) is 11.5 Å². The van der Waals surface area contributed by atoms with Gasteiger partial charge in [0.2, 0.25) is 0 Å². The van der Waals surface area contributed by atoms with Gasteiger partial charge in [-0.1, -0.05) is 0 Å². The van der Waals surface area contributed by atoms with E-state index >= 15 is 0 Å². The molecular formula is C10H13NO5. The smallest absolute Gasteiger partial charge is 0.324 e. The van der Waals surface area contributed by atoms with Gasteiger partial charge in [-0.2, -0.15) is 0 Å². The lowest BCUT2D eigenvalue weighted by molar-refractivity contribution is -0.146. The highest BCUT2D eigenvalue weighted by atomic mass is 16.5. The van der Waals surface area contributed by atoms with Gasteiger partial charge >= 0.3 is 11.9 Å². The summed E-state index contributed by atoms with van der Waals surface area (Å²) in [5.74, 6) is -3.10. The van der Waals surface area contributed by atoms with Crippen LogP contribution in [-0.4, -0.2) is 40.9 Å². The van der Waals surface area contributed by atoms with Crippen LogP contribution < -0.4 is 5.73 Å². The summed E-state index contributed by atoms with van der Waals surface area (Å²) in [6, 6.07) is 0. The SMILES string of the molecule is COC1C2CC3(C(=O)O)C1C3C2(N)C(=O)O. The van der Waals surface area contributed by atoms with Crippen molar-refractivity contribution in [2.24, 2.45) is 28.9 Å². The summed E-state index contributed by atoms with van der Waals surface area (Å²) in [6.07, 6.45) is 0.0149. The largest absolute Gasteiger partial charge is 0.481 e. The normalized spacial score (nSPS) is 56.4. The van der Waals surface area contributed by atoms with Crippen molar-refractivity contribution < 1.29 is 24.5 Å². The zero-order chi connectivity index (χ0) is 11.9. The molecule has 6 nitrogen and oxygen atoms in total. The predicted octanol–water partition coefficient (Wildman–Crippen LogP) is -0.866. The Kier molecular flexibility index (Phi) is 1.51. The van der Waals surface area contributed by atoms with Crippen molar-refractivity contribution in [1.82, 2.24) is 0 Å². The Morgan fingerprint density at radius 1 is 1.38 bits per heavy atom. The van der Waals surface area contributed by atoms with E-state index in [1.165, 1.54) is 7.11 Å². The van der Waals surface area contributed by atoms with Gasteiger partial charge in [0.25, 0.3) is 0 Å². The standard InChI is InChI=1S/C10H13NO5/c1-16-5-3-2-9(7(12)13)4(5)6(9)10(3,11)8(14)15/h3-6H,2,11H2,1H3,(H,12,13)(H,14,15). The van der Waals surface area contributed by atoms with Crippen molar-refractivity contribution in [3.05, 3.63) is 0 Å². The van der Waals surface area contributed by atoms with Gasteiger partial charge in [0.15, 0.2) is 0 Å². The molecule has 4 aliphatic carbocycles. The molecule has 0 spiro atoms. The monoisotopic (exact) mass is 227 g/mol. The van der Waals surface area contributed by atoms with Crippen LogP contribution in [-0.2, 0) is 14.3 Å². The van der Waals surface area contributed by atoms with E-state index in [1.807, 2.05) is 0 Å². The number of nitrogens with two attached hydrogens (primary N) is 1. The minimum Gasteiger partial charge on any atom is -0.481 e. The summed E-state index contributed by atoms with van der Waals surface area (Å²) in [7, 11) is 1.48. The van der Waals surface area contributed by atoms with Crippen LogP contribution in [0.5, 0.6) is 0 Å². The van der Waals surface area contributed by atoms with Gasteiger partial charge in [0, 0.05) is 24.9 Å². The first-order valence-electron chi connectivity index (χ1n) is 5.20. The van der Waals surface area contributed by atoms with Crippen LogP contribution >= 0.6 is 0 Å². The molecule has 6 unspecified atom stereocenters. The average molecular weight is 227 g/mol. The second kappa shape index (κ2) is 2.41. The summed E-state index contributed by atoms with van der Waals surface area (Å²) >= 11 is 0. The van der Waals surface area contributed by atoms with Crippen LogP contribution in [0.1, 0.15) is 6.42 Å². The maximum atomic E-state index is 11.3. The summed E-state index contributed by atoms with van der Waals surface area (Å²) in [5, 5.41) is 18.4. The molecule has 4 N–H and O–H groups in total. The van der Waals surface area contributed by atoms with Crippen LogP contribution in [0, 0.1) is 23.2 Å². The first kappa shape index (κ1) is 10.0. The molecule has 16 heavy (non-hydrogen) atoms. The molecule has 0 aromatic rings. The number of aliphatic carboxylic acids is 2. The molecule has 6 heteroatoms. The maximum Gasteiger partial charge on any atom is 0.324 e. The maximum absolute atomic E-state index is 11.3. The lowest BCUT2D eigenvalue weighted by atomic mass is 9.89. The number of carboxylic acids is 2. The van der Waals surface area contributed by atoms with E-state index in [-0.39, 0.29) is 17.9 Å². The van der Waals surface area contributed by atoms with Crippen LogP contribution in [0.2, 0.25) is 0 Å². The van der Waals surface area contributed by atoms with Gasteiger partial charge in [-0.25, -0.2) is 0 Å². The fourth-order valence-electron chi connectivity index (χ4n) is 4.31. The Morgan fingerprint density at radius 2 is 2.00 bits per heavy atom. The zero-order valence-electron chi connectivity index (χ0n) is 8.71. The topological polar surface area (TPSA) is 110 Å². The molecule has 0 saturated heterocycles. The first-order valence-corrected chi connectivity index (χ1v) is 5.20. The second-order valence-electron chi connectivity index (χ2n) is 5.10. The van der Waals surface area contributed by atoms with E-state index in [9.17, 15) is 19.8 Å². The van der Waals surface area contributed by atoms with Gasteiger partial charge in [-0.05, 0) is 6.42 Å². The Hall–Kier alpha value is -1.14. The molecule has 4 bridgehead atoms. The third-order valence-electron chi connectivity index (χ3n) is 4.88. The predicted molar refractivity (Wildman–Crippen MR) is 50.5 cm³/mol. The number of ether oxygens (including phenoxy) is 1. The third kappa shape index (κ3) is 0.673. The third-order valence-corrected chi connectivity index (χ3v) is 4.88. The number of hydrogen-bond donors (Lipinski definition) is 3. The Balaban J connectivity index is 2.08. The highest BCUT2D eigenvalue weighted by Crippen LogP contribution is 2.82. The molecule has 0 radical (unpaired) electrons. The van der Waals surface area contributed by atoms with Crippen LogP contribution in [0.15, 0.2) is 0 Å². The van der Waals surface area contributed by atoms with Crippen molar-refractivity contribution >= 4 is 11.9 Å². The second-order valence-corrected chi connectivity index (χ2v) is 5.10. The van der Waals surface area contributed by atoms with Crippen molar-refractivity contribution in [3.8, 4) is 0 Å². The van der Waals surface area contributed by atoms with Crippen LogP contribution in [0.3, 0.4) is 0 Å². The molecule has 88 valence electrons. The number of carboxylic acid groups (broad SMARTS) is 2. The summed E-state index contributed by atoms with van der Waals surface area (Å²) < 4.78 is 5.23. The van der Waals surface area contributed by atoms with Gasteiger partial charge in [0.1, 0.15) is 5.54 Å². The van der Waals surface area contributed by atoms with Gasteiger partial charge < -0.3 is 20.7 Å². The average Bonchev–Trinajstić information content (AvgIpc) is 2.51. The van der Waals surface area contributed by atoms with Crippen molar-refractivity contribution in [1.29, 1.82) is 0 Å². The lowest BCUT2D eigenvalue weighted by Gasteiger charge is -2.25. The Bertz CT molecular complexity index is 410. The Morgan fingerprint density at radius 3 is 2.38 bits per heavy atom. The minimum absolute atomic E-state index is 0.221. The molecule has 6 atom stereocenters. The van der Waals surface area contributed by atoms with E-state index in [4.69, 9.17) is 10.5 Å². The molecule has 0 aromatic carbocycles. The fourth-order valence-corrected chi connectivity index (χ4v) is 4.31. The molecule has 0 amide bonds. The van der Waals surface area contributed by atoms with E-state index in [0.29, 0.717) is 6.42 Å². The molecule has 4 fully saturated rings. The van der Waals surface area contributed by atoms with Crippen LogP contribution in [0.25, 0.3) is 0 Å². The Labute approximate surface area is 91.4 Å². The summed E-state index contributed by atoms with van der Waals surface area (Å²) in [6.45, 7) is 0. The molecule has 0 aliphatic heterocycles. The number of carbonyl (C=O) groups is 2. The van der Waals surface area contributed by atoms with Crippen LogP contribution in [0.4, 0.5) is 0 Å². The molecule has 0 aromatic heterocycles. The van der Waals surface area contributed by atoms with Gasteiger partial charge in [-0.15, -0.1) is 0 Å². The van der Waals surface area contributed by atoms with E-state index in [1.54, 1.807) is 0 Å². The van der Waals surface area contributed by atoms with Crippen molar-refractivity contribution in [2.45, 2.75) is 18.1 Å². The highest BCUT2D eigenvalue weighted by Gasteiger charge is 2.92. The minimum atomic E-state index is -1.41. The highest BCUT2D eigenvalue weighted by molar-refractivity contribution is 5.91. The number of methoxy groups -OCH3 is 1. The van der Waals surface area contributed by atoms with Crippen molar-refractivity contribution in [2.75, 3.05) is 7.11 Å². The molecule has 0 heterocycles. The summed E-state index contributed by atoms with van der Waals surface area (Å²) in [4.78, 5) is 22.5. The molecular weight excluding hydrogens is 214 g/mol. The molecule has 4 rings (SSSR count). The van der Waals surface area contributed by atoms with E-state index in [2.05, 4.69) is 0 Å². The molecule has 4 aliphatic rings. The summed E-state index contributed by atoms with van der Waals surface area (Å²) in [5.41, 5.74) is 3.57. The van der Waals surface area contributed by atoms with E-state index < -0.39 is 28.8 Å².